The molecule has 1 amide bonds. The standard InChI is InChI=1S/C64H125NO10/c1-3-5-7-9-11-13-15-16-17-18-19-20-21-22-23-24-25-26-27-28-29-30-31-32-33-34-35-36-37-38-39-40-41-42-44-46-48-50-52-57(68)63(73)65-55(54-74-64-62(72)61(71)60(70)58(53-66)75-64)59(69)56(67)51-49-47-45-43-14-12-10-8-6-4-2/h43,45,55-62,64,66-72H,3-42,44,46-54H2,1-2H3,(H,65,73)/b45-43+. The van der Waals surface area contributed by atoms with Gasteiger partial charge in [-0.25, -0.2) is 0 Å². The Morgan fingerprint density at radius 1 is 0.453 bits per heavy atom. The van der Waals surface area contributed by atoms with Gasteiger partial charge in [-0.15, -0.1) is 0 Å². The SMILES string of the molecule is CCCCCCC/C=C/CCCC(O)C(O)C(COC1OC(CO)C(O)C(O)C1O)NC(=O)C(O)CCCCCCCCCCCCCCCCCCCCCCCCCCCCCCCCCCCCCCCC. The lowest BCUT2D eigenvalue weighted by atomic mass is 9.98. The van der Waals surface area contributed by atoms with Crippen LogP contribution in [0.3, 0.4) is 0 Å². The quantitative estimate of drug-likeness (QED) is 0.0215. The Morgan fingerprint density at radius 2 is 0.787 bits per heavy atom. The van der Waals surface area contributed by atoms with Crippen LogP contribution >= 0.6 is 0 Å². The predicted octanol–water partition coefficient (Wildman–Crippen LogP) is 14.7. The van der Waals surface area contributed by atoms with Crippen LogP contribution in [0, 0.1) is 0 Å². The summed E-state index contributed by atoms with van der Waals surface area (Å²) in [5.41, 5.74) is 0. The van der Waals surface area contributed by atoms with E-state index in [0.29, 0.717) is 12.8 Å². The number of aliphatic hydroxyl groups is 7. The fourth-order valence-electron chi connectivity index (χ4n) is 10.8. The lowest BCUT2D eigenvalue weighted by Crippen LogP contribution is -2.60. The second-order valence-corrected chi connectivity index (χ2v) is 23.2. The molecule has 0 radical (unpaired) electrons. The molecular weight excluding hydrogens is 943 g/mol. The molecule has 446 valence electrons. The summed E-state index contributed by atoms with van der Waals surface area (Å²) >= 11 is 0. The van der Waals surface area contributed by atoms with Gasteiger partial charge in [0.25, 0.3) is 0 Å². The Balaban J connectivity index is 2.05. The number of hydrogen-bond donors (Lipinski definition) is 8. The van der Waals surface area contributed by atoms with E-state index in [4.69, 9.17) is 9.47 Å². The Hall–Kier alpha value is -1.15. The summed E-state index contributed by atoms with van der Waals surface area (Å²) in [6.07, 6.45) is 53.5. The Bertz CT molecular complexity index is 1220. The smallest absolute Gasteiger partial charge is 0.249 e. The summed E-state index contributed by atoms with van der Waals surface area (Å²) < 4.78 is 11.1. The molecule has 11 heteroatoms. The second-order valence-electron chi connectivity index (χ2n) is 23.2. The largest absolute Gasteiger partial charge is 0.394 e. The second kappa shape index (κ2) is 53.5. The first-order valence-corrected chi connectivity index (χ1v) is 32.6. The zero-order chi connectivity index (χ0) is 54.7. The first-order chi connectivity index (χ1) is 36.7. The lowest BCUT2D eigenvalue weighted by molar-refractivity contribution is -0.303. The van der Waals surface area contributed by atoms with Gasteiger partial charge in [-0.05, 0) is 38.5 Å². The van der Waals surface area contributed by atoms with Crippen LogP contribution in [0.15, 0.2) is 12.2 Å². The number of nitrogens with one attached hydrogen (secondary N) is 1. The molecule has 75 heavy (non-hydrogen) atoms. The monoisotopic (exact) mass is 1070 g/mol. The van der Waals surface area contributed by atoms with E-state index in [1.54, 1.807) is 0 Å². The number of rotatable bonds is 57. The van der Waals surface area contributed by atoms with Crippen molar-refractivity contribution in [1.82, 2.24) is 5.32 Å². The minimum Gasteiger partial charge on any atom is -0.394 e. The average molecular weight is 1070 g/mol. The van der Waals surface area contributed by atoms with Gasteiger partial charge in [0, 0.05) is 0 Å². The highest BCUT2D eigenvalue weighted by atomic mass is 16.7. The van der Waals surface area contributed by atoms with Crippen LogP contribution < -0.4 is 5.32 Å². The van der Waals surface area contributed by atoms with Crippen molar-refractivity contribution in [2.24, 2.45) is 0 Å². The number of ether oxygens (including phenoxy) is 2. The molecule has 9 unspecified atom stereocenters. The third-order valence-corrected chi connectivity index (χ3v) is 16.1. The molecule has 8 N–H and O–H groups in total. The molecule has 0 spiro atoms. The Labute approximate surface area is 462 Å². The zero-order valence-corrected chi connectivity index (χ0v) is 49.1. The van der Waals surface area contributed by atoms with E-state index in [2.05, 4.69) is 31.3 Å². The van der Waals surface area contributed by atoms with Crippen LogP contribution in [0.4, 0.5) is 0 Å². The molecule has 9 atom stereocenters. The summed E-state index contributed by atoms with van der Waals surface area (Å²) in [4.78, 5) is 13.1. The highest BCUT2D eigenvalue weighted by Gasteiger charge is 2.44. The molecule has 0 aromatic carbocycles. The first-order valence-electron chi connectivity index (χ1n) is 32.6. The van der Waals surface area contributed by atoms with E-state index >= 15 is 0 Å². The third kappa shape index (κ3) is 41.5. The van der Waals surface area contributed by atoms with Crippen molar-refractivity contribution in [3.63, 3.8) is 0 Å². The highest BCUT2D eigenvalue weighted by molar-refractivity contribution is 5.80. The maximum Gasteiger partial charge on any atom is 0.249 e. The van der Waals surface area contributed by atoms with E-state index in [1.807, 2.05) is 0 Å². The molecule has 1 heterocycles. The van der Waals surface area contributed by atoms with Gasteiger partial charge in [0.2, 0.25) is 5.91 Å². The van der Waals surface area contributed by atoms with Crippen LogP contribution in [-0.4, -0.2) is 110 Å². The van der Waals surface area contributed by atoms with Crippen molar-refractivity contribution in [1.29, 1.82) is 0 Å². The third-order valence-electron chi connectivity index (χ3n) is 16.1. The van der Waals surface area contributed by atoms with Crippen molar-refractivity contribution in [2.75, 3.05) is 13.2 Å². The molecular formula is C64H125NO10. The maximum absolute atomic E-state index is 13.1. The number of carbonyl (C=O) groups is 1. The molecule has 1 rings (SSSR count). The molecule has 1 aliphatic heterocycles. The fourth-order valence-corrected chi connectivity index (χ4v) is 10.8. The van der Waals surface area contributed by atoms with E-state index in [0.717, 1.165) is 38.5 Å². The molecule has 1 fully saturated rings. The van der Waals surface area contributed by atoms with Crippen molar-refractivity contribution >= 4 is 5.91 Å². The summed E-state index contributed by atoms with van der Waals surface area (Å²) in [6, 6.07) is -1.18. The van der Waals surface area contributed by atoms with Gasteiger partial charge in [0.1, 0.15) is 36.6 Å². The van der Waals surface area contributed by atoms with Crippen molar-refractivity contribution in [3.05, 3.63) is 12.2 Å². The average Bonchev–Trinajstić information content (AvgIpc) is 3.41. The van der Waals surface area contributed by atoms with Gasteiger partial charge in [-0.2, -0.15) is 0 Å². The topological polar surface area (TPSA) is 189 Å². The summed E-state index contributed by atoms with van der Waals surface area (Å²) in [7, 11) is 0. The molecule has 0 aromatic rings. The summed E-state index contributed by atoms with van der Waals surface area (Å²) in [6.45, 7) is 3.43. The van der Waals surface area contributed by atoms with Crippen LogP contribution in [-0.2, 0) is 14.3 Å². The number of allylic oxidation sites excluding steroid dienone is 2. The molecule has 11 nitrogen and oxygen atoms in total. The van der Waals surface area contributed by atoms with Crippen LogP contribution in [0.5, 0.6) is 0 Å². The molecule has 0 saturated carbocycles. The maximum atomic E-state index is 13.1. The summed E-state index contributed by atoms with van der Waals surface area (Å²) in [5.74, 6) is -0.702. The number of carbonyl (C=O) groups excluding carboxylic acids is 1. The molecule has 1 saturated heterocycles. The summed E-state index contributed by atoms with van der Waals surface area (Å²) in [5, 5.41) is 75.9. The lowest BCUT2D eigenvalue weighted by Gasteiger charge is -2.40. The van der Waals surface area contributed by atoms with Crippen LogP contribution in [0.1, 0.15) is 322 Å². The van der Waals surface area contributed by atoms with Gasteiger partial charge < -0.3 is 50.5 Å². The highest BCUT2D eigenvalue weighted by Crippen LogP contribution is 2.24. The molecule has 0 bridgehead atoms. The minimum absolute atomic E-state index is 0.259. The number of hydrogen-bond acceptors (Lipinski definition) is 10. The number of amides is 1. The van der Waals surface area contributed by atoms with Crippen molar-refractivity contribution in [3.8, 4) is 0 Å². The van der Waals surface area contributed by atoms with Crippen molar-refractivity contribution in [2.45, 2.75) is 377 Å². The van der Waals surface area contributed by atoms with Gasteiger partial charge in [-0.1, -0.05) is 296 Å². The van der Waals surface area contributed by atoms with Gasteiger partial charge in [0.05, 0.1) is 25.4 Å². The number of aliphatic hydroxyl groups excluding tert-OH is 7. The minimum atomic E-state index is -1.66. The number of unbranched alkanes of at least 4 members (excludes halogenated alkanes) is 43. The first kappa shape index (κ1) is 71.9. The fraction of sp³-hybridized carbons (Fsp3) is 0.953. The molecule has 0 aliphatic carbocycles. The Kier molecular flexibility index (Phi) is 51.3. The van der Waals surface area contributed by atoms with Gasteiger partial charge >= 0.3 is 0 Å². The molecule has 1 aliphatic rings. The molecule has 0 aromatic heterocycles. The van der Waals surface area contributed by atoms with Crippen LogP contribution in [0.2, 0.25) is 0 Å². The Morgan fingerprint density at radius 3 is 1.15 bits per heavy atom. The van der Waals surface area contributed by atoms with E-state index < -0.39 is 74.2 Å². The normalized spacial score (nSPS) is 19.7. The zero-order valence-electron chi connectivity index (χ0n) is 49.1. The van der Waals surface area contributed by atoms with E-state index in [-0.39, 0.29) is 12.8 Å². The van der Waals surface area contributed by atoms with Crippen LogP contribution in [0.25, 0.3) is 0 Å². The van der Waals surface area contributed by atoms with Gasteiger partial charge in [-0.3, -0.25) is 4.79 Å². The van der Waals surface area contributed by atoms with Gasteiger partial charge in [0.15, 0.2) is 6.29 Å². The van der Waals surface area contributed by atoms with E-state index in [9.17, 15) is 40.5 Å². The van der Waals surface area contributed by atoms with Crippen molar-refractivity contribution < 1.29 is 50.0 Å². The van der Waals surface area contributed by atoms with E-state index in [1.165, 1.54) is 244 Å². The predicted molar refractivity (Wildman–Crippen MR) is 312 cm³/mol.